The minimum Gasteiger partial charge on any atom is -0.507 e. The van der Waals surface area contributed by atoms with Crippen molar-refractivity contribution in [2.75, 3.05) is 13.6 Å². The minimum atomic E-state index is -0.504. The van der Waals surface area contributed by atoms with Gasteiger partial charge in [-0.2, -0.15) is 5.26 Å². The molecule has 2 rings (SSSR count). The highest BCUT2D eigenvalue weighted by Crippen LogP contribution is 2.45. The Labute approximate surface area is 146 Å². The smallest absolute Gasteiger partial charge is 0.256 e. The van der Waals surface area contributed by atoms with Crippen molar-refractivity contribution in [3.05, 3.63) is 34.4 Å². The topological polar surface area (TPSA) is 124 Å². The Morgan fingerprint density at radius 2 is 2.20 bits per heavy atom. The van der Waals surface area contributed by atoms with E-state index in [2.05, 4.69) is 22.0 Å². The second kappa shape index (κ2) is 6.77. The van der Waals surface area contributed by atoms with Crippen molar-refractivity contribution >= 4 is 24.2 Å². The van der Waals surface area contributed by atoms with E-state index in [1.54, 1.807) is 13.1 Å². The molecule has 1 aliphatic rings. The number of nitrogens with one attached hydrogen (secondary N) is 1. The monoisotopic (exact) mass is 339 g/mol. The number of rotatable bonds is 4. The Morgan fingerprint density at radius 3 is 2.76 bits per heavy atom. The van der Waals surface area contributed by atoms with E-state index in [1.807, 2.05) is 19.9 Å². The van der Waals surface area contributed by atoms with Crippen LogP contribution < -0.4 is 11.1 Å². The maximum Gasteiger partial charge on any atom is 0.256 e. The van der Waals surface area contributed by atoms with Gasteiger partial charge in [-0.25, -0.2) is 0 Å². The summed E-state index contributed by atoms with van der Waals surface area (Å²) in [6.45, 7) is 7.43. The first-order valence-electron chi connectivity index (χ1n) is 7.73. The molecule has 0 fully saturated rings. The normalized spacial score (nSPS) is 16.0. The number of fused-ring (bicyclic) bond motifs is 1. The van der Waals surface area contributed by atoms with Crippen molar-refractivity contribution in [1.29, 1.82) is 5.26 Å². The highest BCUT2D eigenvalue weighted by molar-refractivity contribution is 6.08. The fraction of sp³-hybridized carbons (Fsp3) is 0.333. The van der Waals surface area contributed by atoms with Crippen LogP contribution in [0, 0.1) is 16.7 Å². The number of benzene rings is 1. The Morgan fingerprint density at radius 1 is 1.52 bits per heavy atom. The third kappa shape index (κ3) is 3.11. The number of carbonyl (C=O) groups excluding carboxylic acids is 1. The number of nitrogens with zero attached hydrogens (tertiary/aromatic N) is 3. The van der Waals surface area contributed by atoms with Crippen LogP contribution in [0.3, 0.4) is 0 Å². The van der Waals surface area contributed by atoms with Crippen LogP contribution in [-0.2, 0) is 6.42 Å². The molecule has 0 saturated heterocycles. The van der Waals surface area contributed by atoms with Gasteiger partial charge in [0.25, 0.3) is 5.91 Å². The van der Waals surface area contributed by atoms with E-state index in [9.17, 15) is 9.90 Å². The third-order valence-electron chi connectivity index (χ3n) is 4.29. The lowest BCUT2D eigenvalue weighted by Gasteiger charge is -2.35. The summed E-state index contributed by atoms with van der Waals surface area (Å²) >= 11 is 0. The number of carbonyl (C=O) groups is 1. The molecule has 0 atom stereocenters. The maximum absolute atomic E-state index is 12.4. The van der Waals surface area contributed by atoms with Crippen LogP contribution in [0.15, 0.2) is 27.7 Å². The fourth-order valence-electron chi connectivity index (χ4n) is 3.23. The van der Waals surface area contributed by atoms with Gasteiger partial charge >= 0.3 is 0 Å². The number of aliphatic imine (C=N–C) groups is 2. The highest BCUT2D eigenvalue weighted by atomic mass is 16.3. The number of nitriles is 1. The Kier molecular flexibility index (Phi) is 4.93. The standard InChI is InChI=1S/C18H21N5O2/c1-18(2)9-11-10(15(21-3)14(18)16(20)22-4)5-6-12(24)13(11)17(25)23-8-7-19/h5-6,24H,3,8-9H2,1-2,4H3,(H2,20,22)(H,23,25). The summed E-state index contributed by atoms with van der Waals surface area (Å²) < 4.78 is 0. The second-order valence-corrected chi connectivity index (χ2v) is 6.38. The average Bonchev–Trinajstić information content (AvgIpc) is 2.56. The maximum atomic E-state index is 12.4. The summed E-state index contributed by atoms with van der Waals surface area (Å²) in [5.41, 5.74) is 8.39. The van der Waals surface area contributed by atoms with E-state index in [-0.39, 0.29) is 17.9 Å². The van der Waals surface area contributed by atoms with Crippen LogP contribution >= 0.6 is 0 Å². The fourth-order valence-corrected chi connectivity index (χ4v) is 3.23. The third-order valence-corrected chi connectivity index (χ3v) is 4.29. The van der Waals surface area contributed by atoms with E-state index in [0.29, 0.717) is 29.1 Å². The summed E-state index contributed by atoms with van der Waals surface area (Å²) in [4.78, 5) is 20.6. The average molecular weight is 339 g/mol. The molecule has 0 radical (unpaired) electrons. The predicted octanol–water partition coefficient (Wildman–Crippen LogP) is 1.63. The molecule has 25 heavy (non-hydrogen) atoms. The van der Waals surface area contributed by atoms with Crippen LogP contribution in [0.4, 0.5) is 0 Å². The van der Waals surface area contributed by atoms with E-state index in [1.165, 1.54) is 6.07 Å². The first-order valence-corrected chi connectivity index (χ1v) is 7.73. The number of phenols is 1. The SMILES string of the molecule is C=NC1=C(C(N)=NC)C(C)(C)Cc2c1ccc(O)c2C(=O)NCC#N. The van der Waals surface area contributed by atoms with Gasteiger partial charge in [-0.05, 0) is 36.2 Å². The van der Waals surface area contributed by atoms with Gasteiger partial charge in [-0.3, -0.25) is 14.8 Å². The van der Waals surface area contributed by atoms with Crippen LogP contribution in [0.5, 0.6) is 5.75 Å². The molecule has 0 aromatic heterocycles. The number of aromatic hydroxyl groups is 1. The van der Waals surface area contributed by atoms with E-state index in [0.717, 1.165) is 5.57 Å². The van der Waals surface area contributed by atoms with E-state index < -0.39 is 11.3 Å². The van der Waals surface area contributed by atoms with Crippen LogP contribution in [0.2, 0.25) is 0 Å². The Hall–Kier alpha value is -3.14. The number of hydrogen-bond donors (Lipinski definition) is 3. The Bertz CT molecular complexity index is 844. The van der Waals surface area contributed by atoms with Crippen LogP contribution in [0.1, 0.15) is 35.3 Å². The zero-order chi connectivity index (χ0) is 18.8. The molecule has 0 heterocycles. The molecule has 4 N–H and O–H groups in total. The van der Waals surface area contributed by atoms with Gasteiger partial charge in [0, 0.05) is 18.2 Å². The van der Waals surface area contributed by atoms with Crippen molar-refractivity contribution in [3.63, 3.8) is 0 Å². The first kappa shape index (κ1) is 18.2. The number of amidine groups is 1. The summed E-state index contributed by atoms with van der Waals surface area (Å²) in [5, 5.41) is 21.4. The lowest BCUT2D eigenvalue weighted by molar-refractivity contribution is 0.0954. The second-order valence-electron chi connectivity index (χ2n) is 6.38. The molecule has 0 aliphatic heterocycles. The van der Waals surface area contributed by atoms with Crippen LogP contribution in [0.25, 0.3) is 5.70 Å². The van der Waals surface area contributed by atoms with Crippen LogP contribution in [-0.4, -0.2) is 37.2 Å². The minimum absolute atomic E-state index is 0.144. The lowest BCUT2D eigenvalue weighted by atomic mass is 9.70. The molecule has 7 heteroatoms. The molecule has 1 aliphatic carbocycles. The van der Waals surface area contributed by atoms with Crippen molar-refractivity contribution in [1.82, 2.24) is 5.32 Å². The summed E-state index contributed by atoms with van der Waals surface area (Å²) in [6, 6.07) is 4.97. The van der Waals surface area contributed by atoms with Crippen molar-refractivity contribution in [2.24, 2.45) is 21.1 Å². The predicted molar refractivity (Wildman–Crippen MR) is 97.6 cm³/mol. The van der Waals surface area contributed by atoms with Gasteiger partial charge in [-0.15, -0.1) is 0 Å². The summed E-state index contributed by atoms with van der Waals surface area (Å²) in [5.74, 6) is -0.286. The molecule has 0 unspecified atom stereocenters. The number of phenolic OH excluding ortho intramolecular Hbond substituents is 1. The van der Waals surface area contributed by atoms with Gasteiger partial charge in [0.1, 0.15) is 18.1 Å². The van der Waals surface area contributed by atoms with Gasteiger partial charge in [-0.1, -0.05) is 13.8 Å². The van der Waals surface area contributed by atoms with Gasteiger partial charge in [0.2, 0.25) is 0 Å². The van der Waals surface area contributed by atoms with E-state index in [4.69, 9.17) is 11.0 Å². The quantitative estimate of drug-likeness (QED) is 0.438. The molecular formula is C18H21N5O2. The highest BCUT2D eigenvalue weighted by Gasteiger charge is 2.37. The molecule has 1 aromatic carbocycles. The first-order chi connectivity index (χ1) is 11.8. The summed E-state index contributed by atoms with van der Waals surface area (Å²) in [7, 11) is 1.60. The van der Waals surface area contributed by atoms with Gasteiger partial charge < -0.3 is 16.2 Å². The van der Waals surface area contributed by atoms with E-state index >= 15 is 0 Å². The van der Waals surface area contributed by atoms with Gasteiger partial charge in [0.15, 0.2) is 0 Å². The van der Waals surface area contributed by atoms with Crippen molar-refractivity contribution in [2.45, 2.75) is 20.3 Å². The molecule has 130 valence electrons. The van der Waals surface area contributed by atoms with Gasteiger partial charge in [0.05, 0.1) is 17.3 Å². The molecule has 0 bridgehead atoms. The zero-order valence-electron chi connectivity index (χ0n) is 14.6. The van der Waals surface area contributed by atoms with Crippen molar-refractivity contribution < 1.29 is 9.90 Å². The van der Waals surface area contributed by atoms with Crippen molar-refractivity contribution in [3.8, 4) is 11.8 Å². The summed E-state index contributed by atoms with van der Waals surface area (Å²) in [6.07, 6.45) is 0.455. The molecule has 7 nitrogen and oxygen atoms in total. The lowest BCUT2D eigenvalue weighted by Crippen LogP contribution is -2.34. The molecule has 0 spiro atoms. The molecular weight excluding hydrogens is 318 g/mol. The molecule has 0 saturated carbocycles. The number of hydrogen-bond acceptors (Lipinski definition) is 5. The number of nitrogens with two attached hydrogens (primary N) is 1. The largest absolute Gasteiger partial charge is 0.507 e. The Balaban J connectivity index is 2.78. The zero-order valence-corrected chi connectivity index (χ0v) is 14.6. The molecule has 1 amide bonds. The number of amides is 1. The molecule has 1 aromatic rings.